The van der Waals surface area contributed by atoms with E-state index in [0.29, 0.717) is 5.41 Å². The molecule has 31 heavy (non-hydrogen) atoms. The minimum absolute atomic E-state index is 0.591. The summed E-state index contributed by atoms with van der Waals surface area (Å²) in [5.41, 5.74) is 2.41. The average Bonchev–Trinajstić information content (AvgIpc) is 2.82. The molecular formula is C29H48N2. The van der Waals surface area contributed by atoms with Crippen LogP contribution in [0.4, 0.5) is 0 Å². The molecule has 4 aliphatic heterocycles. The maximum Gasteiger partial charge on any atom is 0.0310 e. The van der Waals surface area contributed by atoms with Crippen LogP contribution in [0.5, 0.6) is 0 Å². The highest BCUT2D eigenvalue weighted by atomic mass is 15.2. The molecule has 2 heteroatoms. The summed E-state index contributed by atoms with van der Waals surface area (Å²) in [4.78, 5) is 5.95. The number of allylic oxidation sites excluding steroid dienone is 3. The largest absolute Gasteiger partial charge is 0.302 e. The van der Waals surface area contributed by atoms with Crippen LogP contribution in [0.2, 0.25) is 0 Å². The van der Waals surface area contributed by atoms with Crippen LogP contribution in [0.1, 0.15) is 103 Å². The molecule has 0 amide bonds. The molecule has 5 rings (SSSR count). The van der Waals surface area contributed by atoms with Crippen molar-refractivity contribution in [3.63, 3.8) is 0 Å². The van der Waals surface area contributed by atoms with Crippen molar-refractivity contribution in [2.45, 2.75) is 109 Å². The molecule has 1 saturated carbocycles. The predicted molar refractivity (Wildman–Crippen MR) is 132 cm³/mol. The summed E-state index contributed by atoms with van der Waals surface area (Å²) in [6.07, 6.45) is 30.4. The molecule has 5 atom stereocenters. The van der Waals surface area contributed by atoms with E-state index in [1.807, 2.05) is 5.57 Å². The molecule has 5 aliphatic rings. The molecule has 3 saturated heterocycles. The van der Waals surface area contributed by atoms with Crippen molar-refractivity contribution in [3.05, 3.63) is 23.8 Å². The van der Waals surface area contributed by atoms with Crippen molar-refractivity contribution >= 4 is 0 Å². The second-order valence-corrected chi connectivity index (χ2v) is 11.8. The maximum absolute atomic E-state index is 3.00. The average molecular weight is 425 g/mol. The normalized spacial score (nSPS) is 40.8. The lowest BCUT2D eigenvalue weighted by molar-refractivity contribution is -0.109. The molecule has 5 unspecified atom stereocenters. The number of rotatable bonds is 0. The molecule has 0 N–H and O–H groups in total. The standard InChI is InChI=1S/C29H48N2/c1-2-5-9-13-17-29-23-30(18-14-10-6-3-1)22-26-20-25-16-12-8-4-7-11-15-19-31(24-29)28(25)21-27(26)29/h4,8,16,26-28H,1-3,5-7,9-15,17-24H2. The molecule has 0 aromatic heterocycles. The van der Waals surface area contributed by atoms with Crippen LogP contribution >= 0.6 is 0 Å². The Kier molecular flexibility index (Phi) is 7.56. The first-order valence-corrected chi connectivity index (χ1v) is 14.1. The summed E-state index contributed by atoms with van der Waals surface area (Å²) in [5.74, 6) is 1.93. The third kappa shape index (κ3) is 5.16. The Morgan fingerprint density at radius 1 is 0.774 bits per heavy atom. The van der Waals surface area contributed by atoms with E-state index in [4.69, 9.17) is 0 Å². The molecule has 4 fully saturated rings. The first-order valence-electron chi connectivity index (χ1n) is 14.1. The van der Waals surface area contributed by atoms with Gasteiger partial charge >= 0.3 is 0 Å². The summed E-state index contributed by atoms with van der Waals surface area (Å²) in [7, 11) is 0. The smallest absolute Gasteiger partial charge is 0.0310 e. The van der Waals surface area contributed by atoms with E-state index >= 15 is 0 Å². The van der Waals surface area contributed by atoms with E-state index in [2.05, 4.69) is 28.0 Å². The van der Waals surface area contributed by atoms with Gasteiger partial charge in [-0.2, -0.15) is 0 Å². The van der Waals surface area contributed by atoms with Crippen molar-refractivity contribution < 1.29 is 0 Å². The van der Waals surface area contributed by atoms with Crippen LogP contribution < -0.4 is 0 Å². The maximum atomic E-state index is 3.00. The fraction of sp³-hybridized carbons (Fsp3) is 0.862. The van der Waals surface area contributed by atoms with E-state index in [1.165, 1.54) is 135 Å². The summed E-state index contributed by atoms with van der Waals surface area (Å²) >= 11 is 0. The molecule has 1 aliphatic carbocycles. The molecule has 4 bridgehead atoms. The first-order chi connectivity index (χ1) is 15.3. The minimum atomic E-state index is 0.591. The lowest BCUT2D eigenvalue weighted by Crippen LogP contribution is -2.66. The molecule has 0 aromatic rings. The minimum Gasteiger partial charge on any atom is -0.302 e. The lowest BCUT2D eigenvalue weighted by atomic mass is 9.54. The quantitative estimate of drug-likeness (QED) is 0.387. The number of nitrogens with zero attached hydrogens (tertiary/aromatic N) is 2. The van der Waals surface area contributed by atoms with E-state index in [-0.39, 0.29) is 0 Å². The van der Waals surface area contributed by atoms with Gasteiger partial charge in [0.2, 0.25) is 0 Å². The number of hydrogen-bond donors (Lipinski definition) is 0. The van der Waals surface area contributed by atoms with E-state index in [9.17, 15) is 0 Å². The lowest BCUT2D eigenvalue weighted by Gasteiger charge is -2.62. The Hall–Kier alpha value is -0.600. The predicted octanol–water partition coefficient (Wildman–Crippen LogP) is 6.97. The molecule has 1 spiro atoms. The Balaban J connectivity index is 1.40. The highest BCUT2D eigenvalue weighted by molar-refractivity contribution is 5.23. The first kappa shape index (κ1) is 22.2. The summed E-state index contributed by atoms with van der Waals surface area (Å²) in [6.45, 7) is 6.93. The highest BCUT2D eigenvalue weighted by Gasteiger charge is 2.55. The Morgan fingerprint density at radius 3 is 2.42 bits per heavy atom. The van der Waals surface area contributed by atoms with Gasteiger partial charge in [0, 0.05) is 25.7 Å². The van der Waals surface area contributed by atoms with Crippen LogP contribution in [-0.4, -0.2) is 48.6 Å². The zero-order chi connectivity index (χ0) is 20.9. The van der Waals surface area contributed by atoms with E-state index < -0.39 is 0 Å². The van der Waals surface area contributed by atoms with Crippen molar-refractivity contribution in [3.8, 4) is 0 Å². The Labute approximate surface area is 192 Å². The number of fused-ring (bicyclic) bond motifs is 1. The van der Waals surface area contributed by atoms with Gasteiger partial charge in [-0.3, -0.25) is 4.90 Å². The Bertz CT molecular complexity index is 637. The zero-order valence-electron chi connectivity index (χ0n) is 20.2. The second-order valence-electron chi connectivity index (χ2n) is 11.8. The molecule has 0 aromatic carbocycles. The third-order valence-electron chi connectivity index (χ3n) is 9.65. The third-order valence-corrected chi connectivity index (χ3v) is 9.65. The number of piperidine rings is 2. The van der Waals surface area contributed by atoms with Crippen LogP contribution in [0.15, 0.2) is 23.8 Å². The number of hydrogen-bond acceptors (Lipinski definition) is 2. The van der Waals surface area contributed by atoms with Crippen LogP contribution in [0.3, 0.4) is 0 Å². The molecule has 0 radical (unpaired) electrons. The van der Waals surface area contributed by atoms with Crippen molar-refractivity contribution in [2.75, 3.05) is 32.7 Å². The van der Waals surface area contributed by atoms with Gasteiger partial charge in [0.15, 0.2) is 0 Å². The fourth-order valence-corrected chi connectivity index (χ4v) is 8.16. The second kappa shape index (κ2) is 10.6. The summed E-state index contributed by atoms with van der Waals surface area (Å²) in [5, 5.41) is 0. The van der Waals surface area contributed by atoms with Crippen molar-refractivity contribution in [1.82, 2.24) is 9.80 Å². The van der Waals surface area contributed by atoms with E-state index in [0.717, 1.165) is 17.9 Å². The van der Waals surface area contributed by atoms with Gasteiger partial charge in [-0.15, -0.1) is 0 Å². The molecule has 174 valence electrons. The van der Waals surface area contributed by atoms with Gasteiger partial charge in [0.1, 0.15) is 0 Å². The Morgan fingerprint density at radius 2 is 1.55 bits per heavy atom. The molecular weight excluding hydrogens is 376 g/mol. The van der Waals surface area contributed by atoms with Gasteiger partial charge in [-0.05, 0) is 81.7 Å². The monoisotopic (exact) mass is 424 g/mol. The van der Waals surface area contributed by atoms with Crippen LogP contribution in [0, 0.1) is 17.3 Å². The van der Waals surface area contributed by atoms with Crippen molar-refractivity contribution in [2.24, 2.45) is 17.3 Å². The van der Waals surface area contributed by atoms with Gasteiger partial charge in [-0.1, -0.05) is 75.2 Å². The fourth-order valence-electron chi connectivity index (χ4n) is 8.16. The van der Waals surface area contributed by atoms with Crippen LogP contribution in [-0.2, 0) is 0 Å². The zero-order valence-corrected chi connectivity index (χ0v) is 20.2. The topological polar surface area (TPSA) is 6.48 Å². The molecule has 4 heterocycles. The summed E-state index contributed by atoms with van der Waals surface area (Å²) in [6, 6.07) is 0.776. The summed E-state index contributed by atoms with van der Waals surface area (Å²) < 4.78 is 0. The van der Waals surface area contributed by atoms with Crippen LogP contribution in [0.25, 0.3) is 0 Å². The van der Waals surface area contributed by atoms with E-state index in [1.54, 1.807) is 0 Å². The van der Waals surface area contributed by atoms with Gasteiger partial charge in [0.05, 0.1) is 0 Å². The van der Waals surface area contributed by atoms with Gasteiger partial charge < -0.3 is 4.90 Å². The van der Waals surface area contributed by atoms with Gasteiger partial charge in [0.25, 0.3) is 0 Å². The SMILES string of the molecule is C1=CCCCCN2CC34CCCCCCCCCCCN(CC5CC(=CC1)C2CC53)C4. The van der Waals surface area contributed by atoms with Crippen molar-refractivity contribution in [1.29, 1.82) is 0 Å². The molecule has 2 nitrogen and oxygen atoms in total. The highest BCUT2D eigenvalue weighted by Crippen LogP contribution is 2.55. The van der Waals surface area contributed by atoms with Gasteiger partial charge in [-0.25, -0.2) is 0 Å².